The molecule has 12 heteroatoms. The Labute approximate surface area is 171 Å². The van der Waals surface area contributed by atoms with Crippen LogP contribution in [0.4, 0.5) is 24.5 Å². The van der Waals surface area contributed by atoms with Crippen molar-refractivity contribution in [2.24, 2.45) is 0 Å². The van der Waals surface area contributed by atoms with Gasteiger partial charge in [0.05, 0.1) is 15.4 Å². The predicted molar refractivity (Wildman–Crippen MR) is 101 cm³/mol. The summed E-state index contributed by atoms with van der Waals surface area (Å²) in [6.45, 7) is 3.36. The van der Waals surface area contributed by atoms with Crippen LogP contribution >= 0.6 is 0 Å². The Hall–Kier alpha value is -3.96. The molecule has 0 saturated carbocycles. The Kier molecular flexibility index (Phi) is 5.40. The standard InChI is InChI=1S/C19H13F3N2O7/c1-3-10-5-12-9(2)4-17(25)30-16(12)8-15(10)31-18-13(23(26)27)6-11(19(20,21)22)7-14(18)24(28)29/h4-8H,3H2,1-2H3. The van der Waals surface area contributed by atoms with Crippen LogP contribution in [0.1, 0.15) is 23.6 Å². The monoisotopic (exact) mass is 438 g/mol. The van der Waals surface area contributed by atoms with Gasteiger partial charge in [0, 0.05) is 29.7 Å². The zero-order chi connectivity index (χ0) is 23.1. The average Bonchev–Trinajstić information content (AvgIpc) is 2.66. The van der Waals surface area contributed by atoms with E-state index in [9.17, 15) is 38.2 Å². The van der Waals surface area contributed by atoms with E-state index in [2.05, 4.69) is 0 Å². The zero-order valence-corrected chi connectivity index (χ0v) is 16.0. The van der Waals surface area contributed by atoms with Crippen LogP contribution in [0.15, 0.2) is 39.5 Å². The van der Waals surface area contributed by atoms with E-state index in [0.717, 1.165) is 0 Å². The van der Waals surface area contributed by atoms with Gasteiger partial charge in [-0.3, -0.25) is 20.2 Å². The second kappa shape index (κ2) is 7.70. The highest BCUT2D eigenvalue weighted by molar-refractivity contribution is 5.83. The van der Waals surface area contributed by atoms with Gasteiger partial charge < -0.3 is 9.15 Å². The molecular formula is C19H13F3N2O7. The van der Waals surface area contributed by atoms with Crippen molar-refractivity contribution in [1.82, 2.24) is 0 Å². The van der Waals surface area contributed by atoms with Crippen molar-refractivity contribution in [1.29, 1.82) is 0 Å². The molecule has 0 aliphatic carbocycles. The van der Waals surface area contributed by atoms with Crippen LogP contribution in [0.5, 0.6) is 11.5 Å². The van der Waals surface area contributed by atoms with Crippen molar-refractivity contribution < 1.29 is 32.2 Å². The van der Waals surface area contributed by atoms with Crippen molar-refractivity contribution in [3.63, 3.8) is 0 Å². The molecule has 9 nitrogen and oxygen atoms in total. The molecule has 3 rings (SSSR count). The third kappa shape index (κ3) is 4.17. The maximum absolute atomic E-state index is 13.1. The minimum Gasteiger partial charge on any atom is -0.444 e. The summed E-state index contributed by atoms with van der Waals surface area (Å²) in [6.07, 6.45) is -4.74. The molecule has 0 amide bonds. The van der Waals surface area contributed by atoms with Gasteiger partial charge in [0.2, 0.25) is 0 Å². The van der Waals surface area contributed by atoms with Crippen molar-refractivity contribution in [3.05, 3.63) is 77.7 Å². The molecule has 0 aliphatic heterocycles. The number of ether oxygens (including phenoxy) is 1. The quantitative estimate of drug-likeness (QED) is 0.301. The van der Waals surface area contributed by atoms with Gasteiger partial charge >= 0.3 is 23.2 Å². The lowest BCUT2D eigenvalue weighted by Gasteiger charge is -2.14. The summed E-state index contributed by atoms with van der Waals surface area (Å²) in [4.78, 5) is 32.1. The molecule has 0 fully saturated rings. The largest absolute Gasteiger partial charge is 0.444 e. The molecule has 31 heavy (non-hydrogen) atoms. The normalized spacial score (nSPS) is 11.5. The second-order valence-electron chi connectivity index (χ2n) is 6.52. The Morgan fingerprint density at radius 2 is 1.61 bits per heavy atom. The van der Waals surface area contributed by atoms with Crippen LogP contribution in [-0.4, -0.2) is 9.85 Å². The van der Waals surface area contributed by atoms with Gasteiger partial charge in [0.1, 0.15) is 11.3 Å². The first-order valence-corrected chi connectivity index (χ1v) is 8.71. The van der Waals surface area contributed by atoms with Crippen LogP contribution in [-0.2, 0) is 12.6 Å². The van der Waals surface area contributed by atoms with Gasteiger partial charge in [-0.05, 0) is 30.5 Å². The second-order valence-corrected chi connectivity index (χ2v) is 6.52. The number of benzene rings is 2. The number of alkyl halides is 3. The minimum atomic E-state index is -5.05. The molecule has 0 aliphatic rings. The highest BCUT2D eigenvalue weighted by atomic mass is 19.4. The maximum atomic E-state index is 13.1. The van der Waals surface area contributed by atoms with Crippen LogP contribution < -0.4 is 10.4 Å². The van der Waals surface area contributed by atoms with Gasteiger partial charge in [-0.15, -0.1) is 0 Å². The van der Waals surface area contributed by atoms with Crippen molar-refractivity contribution in [2.45, 2.75) is 26.4 Å². The molecule has 0 radical (unpaired) electrons. The molecule has 0 bridgehead atoms. The molecule has 1 heterocycles. The predicted octanol–water partition coefficient (Wildman–Crippen LogP) is 5.29. The van der Waals surface area contributed by atoms with Crippen LogP contribution in [0.3, 0.4) is 0 Å². The fourth-order valence-corrected chi connectivity index (χ4v) is 3.01. The van der Waals surface area contributed by atoms with Crippen molar-refractivity contribution in [2.75, 3.05) is 0 Å². The Bertz CT molecular complexity index is 1250. The summed E-state index contributed by atoms with van der Waals surface area (Å²) in [6, 6.07) is 4.38. The van der Waals surface area contributed by atoms with Crippen LogP contribution in [0.2, 0.25) is 0 Å². The number of halogens is 3. The Balaban J connectivity index is 2.29. The minimum absolute atomic E-state index is 0.0504. The van der Waals surface area contributed by atoms with Gasteiger partial charge in [-0.2, -0.15) is 13.2 Å². The number of hydrogen-bond donors (Lipinski definition) is 0. The molecule has 2 aromatic carbocycles. The molecule has 0 unspecified atom stereocenters. The third-order valence-corrected chi connectivity index (χ3v) is 4.50. The van der Waals surface area contributed by atoms with Crippen molar-refractivity contribution >= 4 is 22.3 Å². The topological polar surface area (TPSA) is 126 Å². The zero-order valence-electron chi connectivity index (χ0n) is 16.0. The number of nitro groups is 2. The average molecular weight is 438 g/mol. The number of rotatable bonds is 5. The first-order chi connectivity index (χ1) is 14.4. The van der Waals surface area contributed by atoms with E-state index in [-0.39, 0.29) is 23.5 Å². The summed E-state index contributed by atoms with van der Waals surface area (Å²) in [7, 11) is 0. The molecule has 0 spiro atoms. The summed E-state index contributed by atoms with van der Waals surface area (Å²) >= 11 is 0. The first-order valence-electron chi connectivity index (χ1n) is 8.71. The van der Waals surface area contributed by atoms with E-state index >= 15 is 0 Å². The van der Waals surface area contributed by atoms with Gasteiger partial charge in [0.15, 0.2) is 0 Å². The summed E-state index contributed by atoms with van der Waals surface area (Å²) < 4.78 is 49.7. The lowest BCUT2D eigenvalue weighted by atomic mass is 10.0. The van der Waals surface area contributed by atoms with E-state index in [1.165, 1.54) is 12.1 Å². The molecule has 0 N–H and O–H groups in total. The fraction of sp³-hybridized carbons (Fsp3) is 0.211. The number of hydrogen-bond acceptors (Lipinski definition) is 7. The molecule has 1 aromatic heterocycles. The summed E-state index contributed by atoms with van der Waals surface area (Å²) in [5.41, 5.74) is -3.62. The van der Waals surface area contributed by atoms with E-state index in [1.807, 2.05) is 0 Å². The molecular weight excluding hydrogens is 425 g/mol. The SMILES string of the molecule is CCc1cc2c(C)cc(=O)oc2cc1Oc1c([N+](=O)[O-])cc(C(F)(F)F)cc1[N+](=O)[O-]. The number of fused-ring (bicyclic) bond motifs is 1. The lowest BCUT2D eigenvalue weighted by Crippen LogP contribution is -2.08. The van der Waals surface area contributed by atoms with E-state index in [0.29, 0.717) is 22.9 Å². The van der Waals surface area contributed by atoms with Gasteiger partial charge in [-0.1, -0.05) is 6.92 Å². The lowest BCUT2D eigenvalue weighted by molar-refractivity contribution is -0.396. The Morgan fingerprint density at radius 3 is 2.10 bits per heavy atom. The molecule has 0 saturated heterocycles. The summed E-state index contributed by atoms with van der Waals surface area (Å²) in [5.74, 6) is -1.10. The van der Waals surface area contributed by atoms with Crippen LogP contribution in [0.25, 0.3) is 11.0 Å². The molecule has 162 valence electrons. The fourth-order valence-electron chi connectivity index (χ4n) is 3.01. The number of aryl methyl sites for hydroxylation is 2. The highest BCUT2D eigenvalue weighted by Gasteiger charge is 2.38. The molecule has 0 atom stereocenters. The van der Waals surface area contributed by atoms with Gasteiger partial charge in [0.25, 0.3) is 5.75 Å². The van der Waals surface area contributed by atoms with E-state index < -0.39 is 44.3 Å². The van der Waals surface area contributed by atoms with Crippen LogP contribution in [0, 0.1) is 27.2 Å². The third-order valence-electron chi connectivity index (χ3n) is 4.50. The maximum Gasteiger partial charge on any atom is 0.416 e. The van der Waals surface area contributed by atoms with E-state index in [4.69, 9.17) is 9.15 Å². The van der Waals surface area contributed by atoms with E-state index in [1.54, 1.807) is 19.9 Å². The number of nitro benzene ring substituents is 2. The summed E-state index contributed by atoms with van der Waals surface area (Å²) in [5, 5.41) is 23.3. The first kappa shape index (κ1) is 21.7. The molecule has 3 aromatic rings. The highest BCUT2D eigenvalue weighted by Crippen LogP contribution is 2.45. The smallest absolute Gasteiger partial charge is 0.416 e. The van der Waals surface area contributed by atoms with Gasteiger partial charge in [-0.25, -0.2) is 4.79 Å². The van der Waals surface area contributed by atoms with Crippen molar-refractivity contribution in [3.8, 4) is 11.5 Å². The Morgan fingerprint density at radius 1 is 1.03 bits per heavy atom. The number of nitrogens with zero attached hydrogens (tertiary/aromatic N) is 2.